The molecular weight excluding hydrogens is 546 g/mol. The molecule has 0 unspecified atom stereocenters. The molecular formula is C31H36ClN3O4S. The van der Waals surface area contributed by atoms with E-state index in [4.69, 9.17) is 11.6 Å². The summed E-state index contributed by atoms with van der Waals surface area (Å²) < 4.78 is 28.6. The minimum atomic E-state index is -4.11. The molecule has 4 rings (SSSR count). The SMILES string of the molecule is C[C@@H](C(=O)NC1CCCCC1)N(CCc1ccccc1)C(=O)CN(c1cccc(Cl)c1)S(=O)(=O)c1ccccc1. The molecule has 3 aromatic rings. The number of carbonyl (C=O) groups is 2. The lowest BCUT2D eigenvalue weighted by molar-refractivity contribution is -0.139. The number of halogens is 1. The van der Waals surface area contributed by atoms with Gasteiger partial charge in [0.15, 0.2) is 0 Å². The molecule has 1 aliphatic rings. The third-order valence-electron chi connectivity index (χ3n) is 7.31. The highest BCUT2D eigenvalue weighted by Crippen LogP contribution is 2.26. The molecule has 212 valence electrons. The highest BCUT2D eigenvalue weighted by atomic mass is 35.5. The largest absolute Gasteiger partial charge is 0.352 e. The standard InChI is InChI=1S/C31H36ClN3O4S/c1-24(31(37)33-27-15-7-3-8-16-27)34(21-20-25-12-5-2-6-13-25)30(36)23-35(28-17-11-14-26(32)22-28)40(38,39)29-18-9-4-10-19-29/h2,4-6,9-14,17-19,22,24,27H,3,7-8,15-16,20-21,23H2,1H3,(H,33,37)/t24-/m0/s1. The number of sulfonamides is 1. The van der Waals surface area contributed by atoms with E-state index >= 15 is 0 Å². The number of hydrogen-bond donors (Lipinski definition) is 1. The van der Waals surface area contributed by atoms with Crippen molar-refractivity contribution >= 4 is 39.1 Å². The number of benzene rings is 3. The van der Waals surface area contributed by atoms with Gasteiger partial charge in [-0.3, -0.25) is 13.9 Å². The van der Waals surface area contributed by atoms with Crippen LogP contribution >= 0.6 is 11.6 Å². The molecule has 1 fully saturated rings. The molecule has 0 heterocycles. The van der Waals surface area contributed by atoms with Gasteiger partial charge in [0.1, 0.15) is 12.6 Å². The van der Waals surface area contributed by atoms with Gasteiger partial charge in [-0.1, -0.05) is 85.5 Å². The van der Waals surface area contributed by atoms with E-state index in [1.165, 1.54) is 29.5 Å². The second-order valence-corrected chi connectivity index (χ2v) is 12.4. The molecule has 0 bridgehead atoms. The molecule has 3 aromatic carbocycles. The lowest BCUT2D eigenvalue weighted by Gasteiger charge is -2.33. The Morgan fingerprint density at radius 2 is 1.57 bits per heavy atom. The van der Waals surface area contributed by atoms with Gasteiger partial charge in [0.05, 0.1) is 10.6 Å². The predicted molar refractivity (Wildman–Crippen MR) is 159 cm³/mol. The summed E-state index contributed by atoms with van der Waals surface area (Å²) in [5.41, 5.74) is 1.29. The molecule has 0 aliphatic heterocycles. The van der Waals surface area contributed by atoms with Gasteiger partial charge in [0, 0.05) is 17.6 Å². The molecule has 1 aliphatic carbocycles. The van der Waals surface area contributed by atoms with E-state index in [0.29, 0.717) is 11.4 Å². The Kier molecular flexibility index (Phi) is 10.2. The zero-order valence-electron chi connectivity index (χ0n) is 22.7. The fourth-order valence-corrected chi connectivity index (χ4v) is 6.63. The first-order valence-electron chi connectivity index (χ1n) is 13.7. The Bertz CT molecular complexity index is 1380. The van der Waals surface area contributed by atoms with Crippen molar-refractivity contribution in [3.05, 3.63) is 95.5 Å². The van der Waals surface area contributed by atoms with E-state index in [1.54, 1.807) is 43.3 Å². The third-order valence-corrected chi connectivity index (χ3v) is 9.33. The number of carbonyl (C=O) groups excluding carboxylic acids is 2. The first kappa shape index (κ1) is 29.6. The van der Waals surface area contributed by atoms with Gasteiger partial charge in [-0.15, -0.1) is 0 Å². The summed E-state index contributed by atoms with van der Waals surface area (Å²) in [4.78, 5) is 28.8. The van der Waals surface area contributed by atoms with Crippen LogP contribution in [0.3, 0.4) is 0 Å². The summed E-state index contributed by atoms with van der Waals surface area (Å²) in [5, 5.41) is 3.47. The molecule has 1 N–H and O–H groups in total. The zero-order chi connectivity index (χ0) is 28.5. The zero-order valence-corrected chi connectivity index (χ0v) is 24.3. The average Bonchev–Trinajstić information content (AvgIpc) is 2.97. The summed E-state index contributed by atoms with van der Waals surface area (Å²) >= 11 is 6.22. The summed E-state index contributed by atoms with van der Waals surface area (Å²) in [6, 6.07) is 23.4. The van der Waals surface area contributed by atoms with Crippen LogP contribution in [0.4, 0.5) is 5.69 Å². The minimum Gasteiger partial charge on any atom is -0.352 e. The fraction of sp³-hybridized carbons (Fsp3) is 0.355. The molecule has 0 spiro atoms. The smallest absolute Gasteiger partial charge is 0.264 e. The molecule has 2 amide bonds. The summed E-state index contributed by atoms with van der Waals surface area (Å²) in [6.45, 7) is 1.49. The van der Waals surface area contributed by atoms with Crippen LogP contribution in [0.5, 0.6) is 0 Å². The molecule has 40 heavy (non-hydrogen) atoms. The van der Waals surface area contributed by atoms with Gasteiger partial charge in [-0.25, -0.2) is 8.42 Å². The molecule has 9 heteroatoms. The van der Waals surface area contributed by atoms with E-state index in [0.717, 1.165) is 35.6 Å². The summed E-state index contributed by atoms with van der Waals surface area (Å²) in [7, 11) is -4.11. The van der Waals surface area contributed by atoms with Crippen LogP contribution in [-0.4, -0.2) is 50.3 Å². The van der Waals surface area contributed by atoms with Crippen molar-refractivity contribution in [3.8, 4) is 0 Å². The van der Waals surface area contributed by atoms with Crippen LogP contribution in [-0.2, 0) is 26.0 Å². The lowest BCUT2D eigenvalue weighted by Crippen LogP contribution is -2.53. The molecule has 0 aromatic heterocycles. The summed E-state index contributed by atoms with van der Waals surface area (Å²) in [5.74, 6) is -0.699. The van der Waals surface area contributed by atoms with E-state index in [-0.39, 0.29) is 29.1 Å². The first-order valence-corrected chi connectivity index (χ1v) is 15.5. The Hall–Kier alpha value is -3.36. The van der Waals surface area contributed by atoms with Crippen molar-refractivity contribution in [2.75, 3.05) is 17.4 Å². The highest BCUT2D eigenvalue weighted by molar-refractivity contribution is 7.92. The molecule has 1 saturated carbocycles. The third kappa shape index (κ3) is 7.64. The maximum atomic E-state index is 14.0. The Balaban J connectivity index is 1.62. The van der Waals surface area contributed by atoms with Crippen molar-refractivity contribution < 1.29 is 18.0 Å². The average molecular weight is 582 g/mol. The topological polar surface area (TPSA) is 86.8 Å². The lowest BCUT2D eigenvalue weighted by atomic mass is 9.95. The van der Waals surface area contributed by atoms with Crippen LogP contribution < -0.4 is 9.62 Å². The van der Waals surface area contributed by atoms with E-state index in [1.807, 2.05) is 30.3 Å². The number of rotatable bonds is 11. The number of amides is 2. The minimum absolute atomic E-state index is 0.0571. The van der Waals surface area contributed by atoms with Crippen LogP contribution in [0.2, 0.25) is 5.02 Å². The van der Waals surface area contributed by atoms with E-state index in [9.17, 15) is 18.0 Å². The molecule has 1 atom stereocenters. The van der Waals surface area contributed by atoms with Crippen molar-refractivity contribution in [1.82, 2.24) is 10.2 Å². The van der Waals surface area contributed by atoms with Crippen LogP contribution in [0, 0.1) is 0 Å². The Morgan fingerprint density at radius 3 is 2.23 bits per heavy atom. The number of hydrogen-bond acceptors (Lipinski definition) is 4. The number of nitrogens with one attached hydrogen (secondary N) is 1. The van der Waals surface area contributed by atoms with Gasteiger partial charge in [0.2, 0.25) is 11.8 Å². The van der Waals surface area contributed by atoms with Crippen LogP contribution in [0.1, 0.15) is 44.6 Å². The molecule has 7 nitrogen and oxygen atoms in total. The number of nitrogens with zero attached hydrogens (tertiary/aromatic N) is 2. The Labute approximate surface area is 242 Å². The quantitative estimate of drug-likeness (QED) is 0.326. The van der Waals surface area contributed by atoms with E-state index < -0.39 is 28.5 Å². The second-order valence-electron chi connectivity index (χ2n) is 10.1. The van der Waals surface area contributed by atoms with Crippen molar-refractivity contribution in [2.24, 2.45) is 0 Å². The molecule has 0 radical (unpaired) electrons. The first-order chi connectivity index (χ1) is 19.3. The van der Waals surface area contributed by atoms with Gasteiger partial charge < -0.3 is 10.2 Å². The van der Waals surface area contributed by atoms with E-state index in [2.05, 4.69) is 5.32 Å². The van der Waals surface area contributed by atoms with Crippen LogP contribution in [0.15, 0.2) is 89.8 Å². The normalized spacial score (nSPS) is 14.8. The molecule has 0 saturated heterocycles. The predicted octanol–water partition coefficient (Wildman–Crippen LogP) is 5.44. The maximum absolute atomic E-state index is 14.0. The van der Waals surface area contributed by atoms with Gasteiger partial charge in [-0.2, -0.15) is 0 Å². The van der Waals surface area contributed by atoms with Crippen molar-refractivity contribution in [2.45, 2.75) is 62.4 Å². The second kappa shape index (κ2) is 13.8. The van der Waals surface area contributed by atoms with Crippen LogP contribution in [0.25, 0.3) is 0 Å². The van der Waals surface area contributed by atoms with Gasteiger partial charge >= 0.3 is 0 Å². The fourth-order valence-electron chi connectivity index (χ4n) is 5.02. The van der Waals surface area contributed by atoms with Gasteiger partial charge in [0.25, 0.3) is 10.0 Å². The Morgan fingerprint density at radius 1 is 0.925 bits per heavy atom. The van der Waals surface area contributed by atoms with Crippen molar-refractivity contribution in [1.29, 1.82) is 0 Å². The van der Waals surface area contributed by atoms with Gasteiger partial charge in [-0.05, 0) is 62.1 Å². The van der Waals surface area contributed by atoms with Crippen molar-refractivity contribution in [3.63, 3.8) is 0 Å². The maximum Gasteiger partial charge on any atom is 0.264 e. The summed E-state index contributed by atoms with van der Waals surface area (Å²) in [6.07, 6.45) is 5.68. The monoisotopic (exact) mass is 581 g/mol. The highest BCUT2D eigenvalue weighted by Gasteiger charge is 2.33. The number of anilines is 1.